The number of hydrogen-bond acceptors (Lipinski definition) is 10. The van der Waals surface area contributed by atoms with Gasteiger partial charge in [-0.15, -0.1) is 0 Å². The first-order valence-electron chi connectivity index (χ1n) is 24.3. The highest BCUT2D eigenvalue weighted by atomic mass is 31.2. The molecule has 11 nitrogen and oxygen atoms in total. The van der Waals surface area contributed by atoms with Gasteiger partial charge in [-0.05, 0) is 64.2 Å². The first kappa shape index (κ1) is 60.1. The number of allylic oxidation sites excluding steroid dienone is 10. The van der Waals surface area contributed by atoms with Gasteiger partial charge in [0.1, 0.15) is 6.61 Å². The number of aliphatic hydroxyl groups excluding tert-OH is 2. The molecular weight excluding hydrogens is 818 g/mol. The van der Waals surface area contributed by atoms with Crippen molar-refractivity contribution in [2.45, 2.75) is 199 Å². The fourth-order valence-electron chi connectivity index (χ4n) is 6.30. The third-order valence-electron chi connectivity index (χ3n) is 9.94. The second kappa shape index (κ2) is 45.7. The fraction of sp³-hybridized carbons (Fsp3) is 0.686. The lowest BCUT2D eigenvalue weighted by Crippen LogP contribution is -2.29. The molecule has 0 radical (unpaired) electrons. The van der Waals surface area contributed by atoms with Crippen molar-refractivity contribution in [3.63, 3.8) is 0 Å². The molecule has 0 heterocycles. The van der Waals surface area contributed by atoms with Gasteiger partial charge in [0.15, 0.2) is 6.10 Å². The summed E-state index contributed by atoms with van der Waals surface area (Å²) < 4.78 is 32.7. The molecule has 0 aliphatic rings. The number of phosphoric acid groups is 1. The molecule has 0 aromatic carbocycles. The maximum absolute atomic E-state index is 12.6. The van der Waals surface area contributed by atoms with E-state index < -0.39 is 44.7 Å². The zero-order valence-electron chi connectivity index (χ0n) is 39.3. The van der Waals surface area contributed by atoms with Crippen molar-refractivity contribution in [2.75, 3.05) is 26.4 Å². The zero-order valence-corrected chi connectivity index (χ0v) is 40.1. The minimum atomic E-state index is -4.43. The molecule has 63 heavy (non-hydrogen) atoms. The molecule has 0 aliphatic carbocycles. The molecule has 12 heteroatoms. The van der Waals surface area contributed by atoms with Crippen LogP contribution in [-0.4, -0.2) is 71.7 Å². The Labute approximate surface area is 382 Å². The van der Waals surface area contributed by atoms with Gasteiger partial charge in [0.2, 0.25) is 0 Å². The van der Waals surface area contributed by atoms with Gasteiger partial charge < -0.3 is 30.3 Å². The van der Waals surface area contributed by atoms with E-state index in [9.17, 15) is 29.3 Å². The van der Waals surface area contributed by atoms with Crippen LogP contribution in [-0.2, 0) is 32.7 Å². The number of carbonyl (C=O) groups excluding carboxylic acids is 2. The lowest BCUT2D eigenvalue weighted by Gasteiger charge is -2.19. The first-order valence-corrected chi connectivity index (χ1v) is 25.8. The van der Waals surface area contributed by atoms with E-state index in [-0.39, 0.29) is 32.6 Å². The van der Waals surface area contributed by atoms with Gasteiger partial charge in [0.25, 0.3) is 0 Å². The van der Waals surface area contributed by atoms with E-state index in [1.807, 2.05) is 43.4 Å². The van der Waals surface area contributed by atoms with E-state index in [1.54, 1.807) is 36.5 Å². The van der Waals surface area contributed by atoms with E-state index in [1.165, 1.54) is 96.3 Å². The summed E-state index contributed by atoms with van der Waals surface area (Å²) in [6.45, 7) is 3.33. The van der Waals surface area contributed by atoms with Gasteiger partial charge in [-0.1, -0.05) is 189 Å². The number of ether oxygens (including phenoxy) is 2. The van der Waals surface area contributed by atoms with Crippen LogP contribution in [0.5, 0.6) is 0 Å². The second-order valence-corrected chi connectivity index (χ2v) is 17.4. The van der Waals surface area contributed by atoms with E-state index in [0.29, 0.717) is 32.1 Å². The number of hydrogen-bond donors (Lipinski definition) is 4. The molecule has 0 amide bonds. The summed E-state index contributed by atoms with van der Waals surface area (Å²) in [5.41, 5.74) is 5.35. The predicted molar refractivity (Wildman–Crippen MR) is 259 cm³/mol. The number of esters is 2. The van der Waals surface area contributed by atoms with Gasteiger partial charge in [-0.25, -0.2) is 4.57 Å². The maximum Gasteiger partial charge on any atom is 0.472 e. The Kier molecular flexibility index (Phi) is 43.6. The van der Waals surface area contributed by atoms with Gasteiger partial charge in [0, 0.05) is 19.4 Å². The smallest absolute Gasteiger partial charge is 0.462 e. The molecule has 0 aromatic rings. The zero-order chi connectivity index (χ0) is 46.3. The Morgan fingerprint density at radius 1 is 0.571 bits per heavy atom. The van der Waals surface area contributed by atoms with E-state index in [0.717, 1.165) is 25.7 Å². The Bertz CT molecular complexity index is 1340. The summed E-state index contributed by atoms with van der Waals surface area (Å²) >= 11 is 0. The van der Waals surface area contributed by atoms with E-state index in [4.69, 9.17) is 24.3 Å². The van der Waals surface area contributed by atoms with Crippen LogP contribution < -0.4 is 5.73 Å². The lowest BCUT2D eigenvalue weighted by atomic mass is 10.0. The number of carbonyl (C=O) groups is 2. The molecule has 0 saturated heterocycles. The molecule has 0 aromatic heterocycles. The van der Waals surface area contributed by atoms with Crippen molar-refractivity contribution in [1.29, 1.82) is 0 Å². The summed E-state index contributed by atoms with van der Waals surface area (Å²) in [4.78, 5) is 35.0. The van der Waals surface area contributed by atoms with Crippen LogP contribution in [0.25, 0.3) is 0 Å². The predicted octanol–water partition coefficient (Wildman–Crippen LogP) is 12.3. The monoisotopic (exact) mass is 906 g/mol. The number of aliphatic hydroxyl groups is 2. The highest BCUT2D eigenvalue weighted by molar-refractivity contribution is 7.47. The van der Waals surface area contributed by atoms with Crippen LogP contribution in [0, 0.1) is 0 Å². The van der Waals surface area contributed by atoms with Crippen LogP contribution in [0.2, 0.25) is 0 Å². The standard InChI is InChI=1S/C51H88NO10P/c1-3-5-7-8-9-10-11-12-13-14-15-16-17-18-19-20-21-22-23-27-35-41-50(55)59-45-49(46-61-63(57,58)60-44-43-52)62-51(56)42-36-28-25-24-26-32-38-48(54)40-34-30-29-33-39-47(53)37-31-6-4-2/h6,12-13,25-26,28-34,39-40,47-49,53-54H,3-5,7-11,14-24,27,35-38,41-46,52H2,1-2H3,(H,57,58)/b13-12-,28-25-,30-29-,31-6-,32-26-,39-33+,40-34+/t47-,48+,49+/m0/s1. The van der Waals surface area contributed by atoms with Crippen LogP contribution in [0.3, 0.4) is 0 Å². The topological polar surface area (TPSA) is 175 Å². The quantitative estimate of drug-likeness (QED) is 0.0151. The summed E-state index contributed by atoms with van der Waals surface area (Å²) in [6, 6.07) is 0. The summed E-state index contributed by atoms with van der Waals surface area (Å²) in [7, 11) is -4.43. The molecule has 0 bridgehead atoms. The third kappa shape index (κ3) is 45.5. The highest BCUT2D eigenvalue weighted by Crippen LogP contribution is 2.43. The fourth-order valence-corrected chi connectivity index (χ4v) is 7.07. The van der Waals surface area contributed by atoms with Crippen molar-refractivity contribution in [1.82, 2.24) is 0 Å². The Morgan fingerprint density at radius 2 is 1.08 bits per heavy atom. The van der Waals surface area contributed by atoms with Crippen LogP contribution >= 0.6 is 7.82 Å². The van der Waals surface area contributed by atoms with Crippen molar-refractivity contribution in [3.05, 3.63) is 85.1 Å². The molecule has 0 rings (SSSR count). The molecule has 0 saturated carbocycles. The summed E-state index contributed by atoms with van der Waals surface area (Å²) in [5.74, 6) is -1.000. The van der Waals surface area contributed by atoms with Crippen LogP contribution in [0.15, 0.2) is 85.1 Å². The van der Waals surface area contributed by atoms with Crippen molar-refractivity contribution in [2.24, 2.45) is 5.73 Å². The first-order chi connectivity index (χ1) is 30.6. The molecule has 0 spiro atoms. The molecule has 5 N–H and O–H groups in total. The Hall–Kier alpha value is -2.89. The summed E-state index contributed by atoms with van der Waals surface area (Å²) in [6.07, 6.45) is 51.2. The SMILES string of the molecule is CC/C=C\C[C@H](O)/C=C/C=C\C=C\[C@H](O)C/C=C\C/C=C\CCC(=O)O[C@H](COC(=O)CCCCCCCCCCCCC/C=C\CCCCCCCC)COP(=O)(O)OCCN. The summed E-state index contributed by atoms with van der Waals surface area (Å²) in [5, 5.41) is 20.0. The number of unbranched alkanes of at least 4 members (excludes halogenated alkanes) is 17. The number of nitrogens with two attached hydrogens (primary N) is 1. The maximum atomic E-state index is 12.6. The normalized spacial score (nSPS) is 15.0. The minimum absolute atomic E-state index is 0.0199. The average Bonchev–Trinajstić information content (AvgIpc) is 3.26. The molecule has 0 fully saturated rings. The molecule has 1 unspecified atom stereocenters. The largest absolute Gasteiger partial charge is 0.472 e. The Morgan fingerprint density at radius 3 is 1.63 bits per heavy atom. The second-order valence-electron chi connectivity index (χ2n) is 16.0. The van der Waals surface area contributed by atoms with Crippen LogP contribution in [0.4, 0.5) is 0 Å². The number of rotatable bonds is 44. The molecule has 0 aliphatic heterocycles. The lowest BCUT2D eigenvalue weighted by molar-refractivity contribution is -0.161. The van der Waals surface area contributed by atoms with Crippen molar-refractivity contribution in [3.8, 4) is 0 Å². The molecule has 362 valence electrons. The minimum Gasteiger partial charge on any atom is -0.462 e. The van der Waals surface area contributed by atoms with Gasteiger partial charge in [-0.2, -0.15) is 0 Å². The average molecular weight is 906 g/mol. The van der Waals surface area contributed by atoms with Crippen molar-refractivity contribution >= 4 is 19.8 Å². The number of phosphoric ester groups is 1. The van der Waals surface area contributed by atoms with Gasteiger partial charge >= 0.3 is 19.8 Å². The molecular formula is C51H88NO10P. The van der Waals surface area contributed by atoms with Crippen LogP contribution in [0.1, 0.15) is 181 Å². The van der Waals surface area contributed by atoms with Gasteiger partial charge in [0.05, 0.1) is 25.4 Å². The molecule has 4 atom stereocenters. The highest BCUT2D eigenvalue weighted by Gasteiger charge is 2.26. The van der Waals surface area contributed by atoms with E-state index in [2.05, 4.69) is 19.1 Å². The Balaban J connectivity index is 4.30. The van der Waals surface area contributed by atoms with Gasteiger partial charge in [-0.3, -0.25) is 18.6 Å². The van der Waals surface area contributed by atoms with Crippen molar-refractivity contribution < 1.29 is 47.8 Å². The van der Waals surface area contributed by atoms with E-state index >= 15 is 0 Å². The third-order valence-corrected chi connectivity index (χ3v) is 10.9.